The lowest BCUT2D eigenvalue weighted by Gasteiger charge is -2.36. The number of carboxylic acid groups (broad SMARTS) is 4. The number of hydrogen-bond acceptors (Lipinski definition) is 4. The largest absolute Gasteiger partial charge is 0.480 e. The van der Waals surface area contributed by atoms with Crippen molar-refractivity contribution < 1.29 is 39.6 Å². The summed E-state index contributed by atoms with van der Waals surface area (Å²) in [5.74, 6) is -9.24. The number of carboxylic acids is 4. The van der Waals surface area contributed by atoms with Gasteiger partial charge in [-0.3, -0.25) is 19.2 Å². The molecule has 1 aliphatic carbocycles. The third-order valence-corrected chi connectivity index (χ3v) is 5.83. The molecule has 0 saturated heterocycles. The van der Waals surface area contributed by atoms with Gasteiger partial charge in [-0.2, -0.15) is 0 Å². The molecule has 4 N–H and O–H groups in total. The SMILES string of the molecule is O=C(O)C1(C(=O)O)CCC(c2ccc(-c3ccccc3)cc2)C1(C(=O)O)C(=O)O. The van der Waals surface area contributed by atoms with E-state index >= 15 is 0 Å². The molecule has 0 bridgehead atoms. The topological polar surface area (TPSA) is 149 Å². The highest BCUT2D eigenvalue weighted by Crippen LogP contribution is 2.61. The second-order valence-corrected chi connectivity index (χ2v) is 7.01. The summed E-state index contributed by atoms with van der Waals surface area (Å²) < 4.78 is 0. The lowest BCUT2D eigenvalue weighted by molar-refractivity contribution is -0.193. The first-order valence-electron chi connectivity index (χ1n) is 8.78. The summed E-state index contributed by atoms with van der Waals surface area (Å²) in [5, 5.41) is 38.9. The van der Waals surface area contributed by atoms with E-state index in [0.717, 1.165) is 11.1 Å². The Balaban J connectivity index is 2.16. The third kappa shape index (κ3) is 2.67. The first-order valence-corrected chi connectivity index (χ1v) is 8.78. The van der Waals surface area contributed by atoms with Crippen molar-refractivity contribution >= 4 is 23.9 Å². The van der Waals surface area contributed by atoms with Gasteiger partial charge in [-0.1, -0.05) is 54.6 Å². The van der Waals surface area contributed by atoms with E-state index in [1.807, 2.05) is 30.3 Å². The minimum absolute atomic E-state index is 0.206. The van der Waals surface area contributed by atoms with Crippen LogP contribution in [-0.2, 0) is 19.2 Å². The lowest BCUT2D eigenvalue weighted by atomic mass is 9.60. The fourth-order valence-corrected chi connectivity index (χ4v) is 4.42. The molecule has 8 heteroatoms. The van der Waals surface area contributed by atoms with Gasteiger partial charge in [0, 0.05) is 5.92 Å². The average molecular weight is 398 g/mol. The molecule has 0 spiro atoms. The Morgan fingerprint density at radius 1 is 0.690 bits per heavy atom. The van der Waals surface area contributed by atoms with Gasteiger partial charge in [-0.25, -0.2) is 0 Å². The quantitative estimate of drug-likeness (QED) is 0.542. The van der Waals surface area contributed by atoms with Gasteiger partial charge in [0.15, 0.2) is 10.8 Å². The molecular formula is C21H18O8. The average Bonchev–Trinajstić information content (AvgIpc) is 3.07. The lowest BCUT2D eigenvalue weighted by Crippen LogP contribution is -2.60. The summed E-state index contributed by atoms with van der Waals surface area (Å²) in [5.41, 5.74) is -4.07. The zero-order chi connectivity index (χ0) is 21.4. The summed E-state index contributed by atoms with van der Waals surface area (Å²) in [6.07, 6.45) is -0.816. The molecule has 0 aromatic heterocycles. The second kappa shape index (κ2) is 7.05. The van der Waals surface area contributed by atoms with Crippen molar-refractivity contribution in [3.05, 3.63) is 60.2 Å². The van der Waals surface area contributed by atoms with Gasteiger partial charge in [0.1, 0.15) is 0 Å². The Morgan fingerprint density at radius 2 is 1.17 bits per heavy atom. The molecule has 1 unspecified atom stereocenters. The molecule has 1 fully saturated rings. The van der Waals surface area contributed by atoms with Crippen molar-refractivity contribution in [3.8, 4) is 11.1 Å². The molecule has 29 heavy (non-hydrogen) atoms. The molecule has 0 radical (unpaired) electrons. The summed E-state index contributed by atoms with van der Waals surface area (Å²) in [4.78, 5) is 48.1. The molecule has 1 aliphatic rings. The first-order chi connectivity index (χ1) is 13.7. The van der Waals surface area contributed by atoms with Crippen molar-refractivity contribution in [2.75, 3.05) is 0 Å². The van der Waals surface area contributed by atoms with E-state index in [9.17, 15) is 39.6 Å². The highest BCUT2D eigenvalue weighted by Gasteiger charge is 2.77. The standard InChI is InChI=1S/C21H18O8/c22-16(23)20(17(24)25)11-10-15(21(20,18(26)27)19(28)29)14-8-6-13(7-9-14)12-4-2-1-3-5-12/h1-9,15H,10-11H2,(H,22,23)(H,24,25)(H,26,27)(H,28,29). The Kier molecular flexibility index (Phi) is 4.88. The molecule has 2 aromatic rings. The summed E-state index contributed by atoms with van der Waals surface area (Å²) in [7, 11) is 0. The van der Waals surface area contributed by atoms with Crippen LogP contribution in [0.5, 0.6) is 0 Å². The predicted octanol–water partition coefficient (Wildman–Crippen LogP) is 2.54. The van der Waals surface area contributed by atoms with E-state index in [1.54, 1.807) is 12.1 Å². The van der Waals surface area contributed by atoms with E-state index in [4.69, 9.17) is 0 Å². The zero-order valence-electron chi connectivity index (χ0n) is 15.1. The summed E-state index contributed by atoms with van der Waals surface area (Å²) >= 11 is 0. The Hall–Kier alpha value is -3.68. The molecule has 150 valence electrons. The van der Waals surface area contributed by atoms with E-state index in [1.165, 1.54) is 12.1 Å². The number of rotatable bonds is 6. The van der Waals surface area contributed by atoms with Crippen molar-refractivity contribution in [1.82, 2.24) is 0 Å². The maximum Gasteiger partial charge on any atom is 0.323 e. The minimum atomic E-state index is -3.04. The van der Waals surface area contributed by atoms with Gasteiger partial charge in [-0.15, -0.1) is 0 Å². The molecular weight excluding hydrogens is 380 g/mol. The van der Waals surface area contributed by atoms with Crippen LogP contribution in [0.1, 0.15) is 24.3 Å². The van der Waals surface area contributed by atoms with E-state index < -0.39 is 47.0 Å². The highest BCUT2D eigenvalue weighted by atomic mass is 16.4. The molecule has 1 saturated carbocycles. The van der Waals surface area contributed by atoms with Gasteiger partial charge < -0.3 is 20.4 Å². The Bertz CT molecular complexity index is 950. The van der Waals surface area contributed by atoms with E-state index in [2.05, 4.69) is 0 Å². The number of benzene rings is 2. The van der Waals surface area contributed by atoms with Crippen LogP contribution in [0.3, 0.4) is 0 Å². The van der Waals surface area contributed by atoms with E-state index in [0.29, 0.717) is 0 Å². The van der Waals surface area contributed by atoms with Crippen LogP contribution < -0.4 is 0 Å². The van der Waals surface area contributed by atoms with Crippen molar-refractivity contribution in [2.45, 2.75) is 18.8 Å². The summed E-state index contributed by atoms with van der Waals surface area (Å²) in [6.45, 7) is 0. The molecule has 8 nitrogen and oxygen atoms in total. The van der Waals surface area contributed by atoms with Gasteiger partial charge in [0.25, 0.3) is 0 Å². The van der Waals surface area contributed by atoms with Crippen LogP contribution in [0.2, 0.25) is 0 Å². The fraction of sp³-hybridized carbons (Fsp3) is 0.238. The van der Waals surface area contributed by atoms with Gasteiger partial charge in [0.05, 0.1) is 0 Å². The van der Waals surface area contributed by atoms with Gasteiger partial charge >= 0.3 is 23.9 Å². The fourth-order valence-electron chi connectivity index (χ4n) is 4.42. The summed E-state index contributed by atoms with van der Waals surface area (Å²) in [6, 6.07) is 15.6. The second-order valence-electron chi connectivity index (χ2n) is 7.01. The van der Waals surface area contributed by atoms with Crippen LogP contribution in [0.15, 0.2) is 54.6 Å². The van der Waals surface area contributed by atoms with Crippen molar-refractivity contribution in [2.24, 2.45) is 10.8 Å². The Labute approximate surface area is 165 Å². The van der Waals surface area contributed by atoms with Crippen LogP contribution in [0.4, 0.5) is 0 Å². The molecule has 2 aromatic carbocycles. The van der Waals surface area contributed by atoms with Crippen LogP contribution in [-0.4, -0.2) is 44.3 Å². The first kappa shape index (κ1) is 20.1. The number of hydrogen-bond donors (Lipinski definition) is 4. The molecule has 0 aliphatic heterocycles. The molecule has 0 heterocycles. The maximum atomic E-state index is 12.2. The molecule has 1 atom stereocenters. The van der Waals surface area contributed by atoms with Crippen molar-refractivity contribution in [1.29, 1.82) is 0 Å². The van der Waals surface area contributed by atoms with Gasteiger partial charge in [-0.05, 0) is 29.5 Å². The van der Waals surface area contributed by atoms with Crippen LogP contribution >= 0.6 is 0 Å². The predicted molar refractivity (Wildman–Crippen MR) is 99.3 cm³/mol. The molecule has 3 rings (SSSR count). The van der Waals surface area contributed by atoms with Crippen molar-refractivity contribution in [3.63, 3.8) is 0 Å². The number of carbonyl (C=O) groups is 4. The van der Waals surface area contributed by atoms with Gasteiger partial charge in [0.2, 0.25) is 0 Å². The third-order valence-electron chi connectivity index (χ3n) is 5.83. The van der Waals surface area contributed by atoms with Crippen LogP contribution in [0, 0.1) is 10.8 Å². The normalized spacial score (nSPS) is 19.4. The monoisotopic (exact) mass is 398 g/mol. The minimum Gasteiger partial charge on any atom is -0.480 e. The van der Waals surface area contributed by atoms with Crippen LogP contribution in [0.25, 0.3) is 11.1 Å². The smallest absolute Gasteiger partial charge is 0.323 e. The van der Waals surface area contributed by atoms with E-state index in [-0.39, 0.29) is 12.0 Å². The zero-order valence-corrected chi connectivity index (χ0v) is 15.1. The highest BCUT2D eigenvalue weighted by molar-refractivity contribution is 6.14. The number of aliphatic carboxylic acids is 4. The maximum absolute atomic E-state index is 12.2. The molecule has 0 amide bonds. The Morgan fingerprint density at radius 3 is 1.62 bits per heavy atom.